The van der Waals surface area contributed by atoms with Crippen LogP contribution in [-0.2, 0) is 20.2 Å². The molecule has 0 atom stereocenters. The van der Waals surface area contributed by atoms with Gasteiger partial charge in [0.15, 0.2) is 0 Å². The fourth-order valence-electron chi connectivity index (χ4n) is 2.81. The molecule has 0 aliphatic rings. The number of nitrogen functional groups attached to an aromatic ring is 1. The van der Waals surface area contributed by atoms with Gasteiger partial charge in [0, 0.05) is 22.7 Å². The van der Waals surface area contributed by atoms with Crippen molar-refractivity contribution in [2.24, 2.45) is 0 Å². The number of rotatable bonds is 4. The molecule has 158 valence electrons. The van der Waals surface area contributed by atoms with Crippen LogP contribution in [0.15, 0.2) is 52.3 Å². The molecule has 0 heterocycles. The van der Waals surface area contributed by atoms with Crippen molar-refractivity contribution >= 4 is 48.3 Å². The molecule has 3 rings (SSSR count). The highest BCUT2D eigenvalue weighted by Gasteiger charge is 2.21. The van der Waals surface area contributed by atoms with Crippen LogP contribution < -0.4 is 11.1 Å². The Morgan fingerprint density at radius 2 is 1.50 bits per heavy atom. The van der Waals surface area contributed by atoms with Crippen LogP contribution in [0.1, 0.15) is 15.9 Å². The zero-order chi connectivity index (χ0) is 22.4. The maximum Gasteiger partial charge on any atom is 0.294 e. The van der Waals surface area contributed by atoms with Gasteiger partial charge in [0.25, 0.3) is 26.1 Å². The van der Waals surface area contributed by atoms with E-state index in [4.69, 9.17) is 5.73 Å². The highest BCUT2D eigenvalue weighted by Crippen LogP contribution is 2.37. The highest BCUT2D eigenvalue weighted by molar-refractivity contribution is 7.86. The summed E-state index contributed by atoms with van der Waals surface area (Å²) in [5.41, 5.74) is 6.79. The molecule has 0 aromatic heterocycles. The van der Waals surface area contributed by atoms with Crippen LogP contribution in [0.25, 0.3) is 10.8 Å². The molecule has 6 N–H and O–H groups in total. The van der Waals surface area contributed by atoms with Gasteiger partial charge in [-0.1, -0.05) is 6.07 Å². The number of carbonyl (C=O) groups excluding carboxylic acids is 1. The Labute approximate surface area is 171 Å². The minimum atomic E-state index is -4.76. The van der Waals surface area contributed by atoms with Gasteiger partial charge < -0.3 is 16.2 Å². The molecule has 3 aromatic rings. The van der Waals surface area contributed by atoms with Crippen molar-refractivity contribution in [3.8, 4) is 5.75 Å². The van der Waals surface area contributed by atoms with Crippen LogP contribution in [0.3, 0.4) is 0 Å². The van der Waals surface area contributed by atoms with Gasteiger partial charge in [-0.05, 0) is 48.2 Å². The summed E-state index contributed by atoms with van der Waals surface area (Å²) in [7, 11) is -9.48. The largest absolute Gasteiger partial charge is 0.507 e. The second-order valence-electron chi connectivity index (χ2n) is 6.49. The molecular weight excluding hydrogens is 436 g/mol. The molecule has 10 nitrogen and oxygen atoms in total. The molecular formula is C18H16N2O8S2. The van der Waals surface area contributed by atoms with E-state index < -0.39 is 41.7 Å². The van der Waals surface area contributed by atoms with Crippen LogP contribution >= 0.6 is 0 Å². The Hall–Kier alpha value is -3.19. The number of phenols is 1. The van der Waals surface area contributed by atoms with Gasteiger partial charge in [-0.3, -0.25) is 13.9 Å². The molecule has 0 saturated heterocycles. The molecule has 0 fully saturated rings. The van der Waals surface area contributed by atoms with E-state index in [9.17, 15) is 35.8 Å². The van der Waals surface area contributed by atoms with E-state index in [0.717, 1.165) is 29.8 Å². The van der Waals surface area contributed by atoms with Gasteiger partial charge in [0.2, 0.25) is 0 Å². The number of hydrogen-bond donors (Lipinski definition) is 5. The first kappa shape index (κ1) is 21.5. The molecule has 30 heavy (non-hydrogen) atoms. The zero-order valence-corrected chi connectivity index (χ0v) is 17.0. The van der Waals surface area contributed by atoms with Crippen LogP contribution in [0.4, 0.5) is 11.4 Å². The molecule has 0 spiro atoms. The number of hydrogen-bond acceptors (Lipinski definition) is 7. The summed E-state index contributed by atoms with van der Waals surface area (Å²) < 4.78 is 64.7. The van der Waals surface area contributed by atoms with Crippen LogP contribution in [0.5, 0.6) is 5.75 Å². The van der Waals surface area contributed by atoms with Crippen molar-refractivity contribution in [1.29, 1.82) is 0 Å². The average molecular weight is 452 g/mol. The Balaban J connectivity index is 2.23. The minimum absolute atomic E-state index is 0.108. The molecule has 0 aliphatic carbocycles. The first-order valence-electron chi connectivity index (χ1n) is 8.20. The smallest absolute Gasteiger partial charge is 0.294 e. The number of benzene rings is 3. The lowest BCUT2D eigenvalue weighted by Crippen LogP contribution is -2.13. The lowest BCUT2D eigenvalue weighted by Gasteiger charge is -2.13. The minimum Gasteiger partial charge on any atom is -0.507 e. The zero-order valence-electron chi connectivity index (χ0n) is 15.3. The van der Waals surface area contributed by atoms with Gasteiger partial charge in [0.1, 0.15) is 5.75 Å². The van der Waals surface area contributed by atoms with Gasteiger partial charge in [-0.25, -0.2) is 0 Å². The third-order valence-corrected chi connectivity index (χ3v) is 6.02. The van der Waals surface area contributed by atoms with E-state index in [-0.39, 0.29) is 22.0 Å². The Morgan fingerprint density at radius 1 is 0.933 bits per heavy atom. The van der Waals surface area contributed by atoms with Crippen molar-refractivity contribution < 1.29 is 35.8 Å². The molecule has 0 saturated carbocycles. The van der Waals surface area contributed by atoms with Crippen LogP contribution in [-0.4, -0.2) is 37.0 Å². The monoisotopic (exact) mass is 452 g/mol. The van der Waals surface area contributed by atoms with Crippen molar-refractivity contribution in [2.45, 2.75) is 16.7 Å². The normalized spacial score (nSPS) is 12.1. The number of aromatic hydroxyl groups is 1. The van der Waals surface area contributed by atoms with Crippen molar-refractivity contribution in [1.82, 2.24) is 0 Å². The summed E-state index contributed by atoms with van der Waals surface area (Å²) in [6, 6.07) is 7.90. The number of carbonyl (C=O) groups is 1. The number of phenolic OH excluding ortho intramolecular Hbond substituents is 1. The SMILES string of the molecule is Cc1ccc(C(=O)Nc2cc(S(=O)(=O)O)cc3cc(S(=O)(=O)O)cc(O)c23)cc1N. The number of amides is 1. The molecule has 3 aromatic carbocycles. The summed E-state index contributed by atoms with van der Waals surface area (Å²) in [6.45, 7) is 1.74. The molecule has 0 unspecified atom stereocenters. The second-order valence-corrected chi connectivity index (χ2v) is 9.33. The number of aryl methyl sites for hydroxylation is 1. The number of anilines is 2. The summed E-state index contributed by atoms with van der Waals surface area (Å²) in [6.07, 6.45) is 0. The quantitative estimate of drug-likeness (QED) is 0.292. The van der Waals surface area contributed by atoms with Gasteiger partial charge in [-0.2, -0.15) is 16.8 Å². The Morgan fingerprint density at radius 3 is 2.03 bits per heavy atom. The summed E-state index contributed by atoms with van der Waals surface area (Å²) >= 11 is 0. The number of fused-ring (bicyclic) bond motifs is 1. The van der Waals surface area contributed by atoms with Crippen molar-refractivity contribution in [3.05, 3.63) is 53.6 Å². The second kappa shape index (κ2) is 7.25. The fourth-order valence-corrected chi connectivity index (χ4v) is 3.89. The van der Waals surface area contributed by atoms with Gasteiger partial charge >= 0.3 is 0 Å². The predicted molar refractivity (Wildman–Crippen MR) is 109 cm³/mol. The summed E-state index contributed by atoms with van der Waals surface area (Å²) in [5.74, 6) is -1.35. The van der Waals surface area contributed by atoms with Crippen molar-refractivity contribution in [3.63, 3.8) is 0 Å². The maximum atomic E-state index is 12.6. The first-order chi connectivity index (χ1) is 13.8. The first-order valence-corrected chi connectivity index (χ1v) is 11.1. The summed E-state index contributed by atoms with van der Waals surface area (Å²) in [5, 5.41) is 12.4. The standard InChI is InChI=1S/C18H16N2O8S2/c1-9-2-3-10(6-14(9)19)18(22)20-15-7-12(29(23,24)25)4-11-5-13(30(26,27)28)8-16(21)17(11)15/h2-8,21H,19H2,1H3,(H,20,22)(H,23,24,25)(H,26,27,28). The number of nitrogens with one attached hydrogen (secondary N) is 1. The van der Waals surface area contributed by atoms with E-state index in [1.54, 1.807) is 13.0 Å². The molecule has 0 radical (unpaired) electrons. The molecule has 0 bridgehead atoms. The van der Waals surface area contributed by atoms with Gasteiger partial charge in [0.05, 0.1) is 15.5 Å². The average Bonchev–Trinajstić information content (AvgIpc) is 2.61. The lowest BCUT2D eigenvalue weighted by molar-refractivity contribution is 0.102. The van der Waals surface area contributed by atoms with Crippen molar-refractivity contribution in [2.75, 3.05) is 11.1 Å². The van der Waals surface area contributed by atoms with E-state index >= 15 is 0 Å². The topological polar surface area (TPSA) is 184 Å². The predicted octanol–water partition coefficient (Wildman–Crippen LogP) is 2.18. The van der Waals surface area contributed by atoms with E-state index in [0.29, 0.717) is 5.69 Å². The number of nitrogens with two attached hydrogens (primary N) is 1. The van der Waals surface area contributed by atoms with Crippen LogP contribution in [0.2, 0.25) is 0 Å². The highest BCUT2D eigenvalue weighted by atomic mass is 32.2. The molecule has 12 heteroatoms. The Bertz CT molecular complexity index is 1410. The Kier molecular flexibility index (Phi) is 5.20. The molecule has 1 amide bonds. The molecule has 0 aliphatic heterocycles. The lowest BCUT2D eigenvalue weighted by atomic mass is 10.1. The third-order valence-electron chi connectivity index (χ3n) is 4.36. The van der Waals surface area contributed by atoms with E-state index in [2.05, 4.69) is 5.32 Å². The van der Waals surface area contributed by atoms with Gasteiger partial charge in [-0.15, -0.1) is 0 Å². The maximum absolute atomic E-state index is 12.6. The van der Waals surface area contributed by atoms with E-state index in [1.165, 1.54) is 12.1 Å². The summed E-state index contributed by atoms with van der Waals surface area (Å²) in [4.78, 5) is 11.3. The fraction of sp³-hybridized carbons (Fsp3) is 0.0556. The van der Waals surface area contributed by atoms with E-state index in [1.807, 2.05) is 0 Å². The van der Waals surface area contributed by atoms with Crippen LogP contribution in [0, 0.1) is 6.92 Å². The third kappa shape index (κ3) is 4.21.